The number of anilines is 1. The summed E-state index contributed by atoms with van der Waals surface area (Å²) in [6, 6.07) is 2.35. The predicted octanol–water partition coefficient (Wildman–Crippen LogP) is 1.06. The van der Waals surface area contributed by atoms with Gasteiger partial charge < -0.3 is 11.5 Å². The highest BCUT2D eigenvalue weighted by molar-refractivity contribution is 9.10. The van der Waals surface area contributed by atoms with Gasteiger partial charge in [0.2, 0.25) is 15.9 Å². The first-order valence-corrected chi connectivity index (χ1v) is 8.36. The summed E-state index contributed by atoms with van der Waals surface area (Å²) < 4.78 is 40.2. The number of nitrogens with zero attached hydrogens (tertiary/aromatic N) is 1. The van der Waals surface area contributed by atoms with Gasteiger partial charge in [0.1, 0.15) is 4.90 Å². The van der Waals surface area contributed by atoms with Crippen LogP contribution >= 0.6 is 15.9 Å². The smallest absolute Gasteiger partial charge is 0.246 e. The van der Waals surface area contributed by atoms with Crippen LogP contribution in [0.4, 0.5) is 10.1 Å². The summed E-state index contributed by atoms with van der Waals surface area (Å²) in [5, 5.41) is 0. The lowest BCUT2D eigenvalue weighted by atomic mass is 9.89. The molecule has 9 heteroatoms. The molecule has 4 N–H and O–H groups in total. The molecule has 1 unspecified atom stereocenters. The van der Waals surface area contributed by atoms with Gasteiger partial charge in [-0.25, -0.2) is 12.8 Å². The van der Waals surface area contributed by atoms with E-state index in [1.165, 1.54) is 6.07 Å². The molecule has 0 saturated carbocycles. The van der Waals surface area contributed by atoms with Gasteiger partial charge in [0, 0.05) is 18.8 Å². The molecule has 0 spiro atoms. The van der Waals surface area contributed by atoms with Crippen LogP contribution in [0.2, 0.25) is 0 Å². The number of rotatable bonds is 3. The van der Waals surface area contributed by atoms with E-state index in [0.29, 0.717) is 6.42 Å². The summed E-state index contributed by atoms with van der Waals surface area (Å²) in [6.45, 7) is 1.63. The zero-order chi connectivity index (χ0) is 16.0. The van der Waals surface area contributed by atoms with Gasteiger partial charge >= 0.3 is 0 Å². The van der Waals surface area contributed by atoms with E-state index in [1.807, 2.05) is 0 Å². The Kier molecular flexibility index (Phi) is 4.02. The third-order valence-corrected chi connectivity index (χ3v) is 6.09. The molecule has 1 saturated heterocycles. The fourth-order valence-corrected chi connectivity index (χ4v) is 4.53. The Hall–Kier alpha value is -1.19. The third kappa shape index (κ3) is 2.77. The first kappa shape index (κ1) is 16.2. The second-order valence-corrected chi connectivity index (χ2v) is 8.09. The Morgan fingerprint density at radius 1 is 1.48 bits per heavy atom. The van der Waals surface area contributed by atoms with Crippen molar-refractivity contribution in [2.75, 3.05) is 18.8 Å². The van der Waals surface area contributed by atoms with Crippen LogP contribution in [0.3, 0.4) is 0 Å². The first-order valence-electron chi connectivity index (χ1n) is 6.12. The van der Waals surface area contributed by atoms with E-state index in [0.717, 1.165) is 10.4 Å². The van der Waals surface area contributed by atoms with Crippen molar-refractivity contribution < 1.29 is 17.6 Å². The standard InChI is InChI=1S/C12H15BrFN3O3S/c1-12(11(16)18)2-3-17(6-12)21(19,20)9-5-7(15)4-8(13)10(9)14/h4-5H,2-3,6,15H2,1H3,(H2,16,18). The van der Waals surface area contributed by atoms with Gasteiger partial charge in [0.05, 0.1) is 9.89 Å². The van der Waals surface area contributed by atoms with E-state index in [4.69, 9.17) is 11.5 Å². The Labute approximate surface area is 130 Å². The summed E-state index contributed by atoms with van der Waals surface area (Å²) in [4.78, 5) is 10.9. The number of benzene rings is 1. The van der Waals surface area contributed by atoms with Crippen LogP contribution in [0, 0.1) is 11.2 Å². The highest BCUT2D eigenvalue weighted by atomic mass is 79.9. The molecular formula is C12H15BrFN3O3S. The van der Waals surface area contributed by atoms with Crippen molar-refractivity contribution in [2.45, 2.75) is 18.2 Å². The maximum absolute atomic E-state index is 14.1. The second kappa shape index (κ2) is 5.22. The SMILES string of the molecule is CC1(C(N)=O)CCN(S(=O)(=O)c2cc(N)cc(Br)c2F)C1. The van der Waals surface area contributed by atoms with Crippen LogP contribution < -0.4 is 11.5 Å². The normalized spacial score (nSPS) is 23.4. The molecule has 116 valence electrons. The van der Waals surface area contributed by atoms with Crippen LogP contribution in [0.25, 0.3) is 0 Å². The quantitative estimate of drug-likeness (QED) is 0.765. The summed E-state index contributed by atoms with van der Waals surface area (Å²) in [6.07, 6.45) is 0.298. The predicted molar refractivity (Wildman–Crippen MR) is 79.2 cm³/mol. The van der Waals surface area contributed by atoms with E-state index in [1.54, 1.807) is 6.92 Å². The van der Waals surface area contributed by atoms with Crippen LogP contribution in [0.5, 0.6) is 0 Å². The van der Waals surface area contributed by atoms with E-state index in [-0.39, 0.29) is 23.2 Å². The van der Waals surface area contributed by atoms with E-state index in [9.17, 15) is 17.6 Å². The fraction of sp³-hybridized carbons (Fsp3) is 0.417. The maximum atomic E-state index is 14.1. The minimum absolute atomic E-state index is 0.0297. The second-order valence-electron chi connectivity index (χ2n) is 5.33. The summed E-state index contributed by atoms with van der Waals surface area (Å²) in [5.41, 5.74) is 10.0. The minimum atomic E-state index is -4.08. The molecule has 0 bridgehead atoms. The Morgan fingerprint density at radius 3 is 2.62 bits per heavy atom. The topological polar surface area (TPSA) is 106 Å². The van der Waals surface area contributed by atoms with Gasteiger partial charge in [-0.15, -0.1) is 0 Å². The first-order chi connectivity index (χ1) is 9.58. The van der Waals surface area contributed by atoms with E-state index >= 15 is 0 Å². The zero-order valence-electron chi connectivity index (χ0n) is 11.3. The van der Waals surface area contributed by atoms with E-state index < -0.39 is 32.1 Å². The average Bonchev–Trinajstić information content (AvgIpc) is 2.78. The van der Waals surface area contributed by atoms with Crippen LogP contribution in [0.1, 0.15) is 13.3 Å². The van der Waals surface area contributed by atoms with Crippen LogP contribution in [-0.4, -0.2) is 31.7 Å². The molecule has 2 rings (SSSR count). The highest BCUT2D eigenvalue weighted by Gasteiger charge is 2.44. The molecule has 0 aliphatic carbocycles. The number of amides is 1. The van der Waals surface area contributed by atoms with Crippen molar-refractivity contribution in [1.29, 1.82) is 0 Å². The number of carbonyl (C=O) groups is 1. The molecule has 1 atom stereocenters. The van der Waals surface area contributed by atoms with Crippen molar-refractivity contribution in [2.24, 2.45) is 11.1 Å². The Morgan fingerprint density at radius 2 is 2.10 bits per heavy atom. The van der Waals surface area contributed by atoms with Gasteiger partial charge in [-0.2, -0.15) is 4.31 Å². The van der Waals surface area contributed by atoms with Crippen molar-refractivity contribution in [3.63, 3.8) is 0 Å². The third-order valence-electron chi connectivity index (χ3n) is 3.67. The number of hydrogen-bond acceptors (Lipinski definition) is 4. The average molecular weight is 380 g/mol. The van der Waals surface area contributed by atoms with Crippen LogP contribution in [-0.2, 0) is 14.8 Å². The van der Waals surface area contributed by atoms with Gasteiger partial charge in [0.15, 0.2) is 5.82 Å². The number of nitrogens with two attached hydrogens (primary N) is 2. The Balaban J connectivity index is 2.43. The summed E-state index contributed by atoms with van der Waals surface area (Å²) >= 11 is 2.93. The molecule has 0 radical (unpaired) electrons. The van der Waals surface area contributed by atoms with Gasteiger partial charge in [0.25, 0.3) is 0 Å². The minimum Gasteiger partial charge on any atom is -0.399 e. The lowest BCUT2D eigenvalue weighted by molar-refractivity contribution is -0.126. The number of carbonyl (C=O) groups excluding carboxylic acids is 1. The number of hydrogen-bond donors (Lipinski definition) is 2. The molecule has 21 heavy (non-hydrogen) atoms. The molecule has 0 aromatic heterocycles. The van der Waals surface area contributed by atoms with Crippen molar-refractivity contribution in [1.82, 2.24) is 4.31 Å². The van der Waals surface area contributed by atoms with Crippen molar-refractivity contribution in [3.8, 4) is 0 Å². The number of primary amides is 1. The molecule has 1 fully saturated rings. The van der Waals surface area contributed by atoms with Crippen molar-refractivity contribution in [3.05, 3.63) is 22.4 Å². The maximum Gasteiger partial charge on any atom is 0.246 e. The monoisotopic (exact) mass is 379 g/mol. The molecule has 1 aromatic carbocycles. The molecule has 6 nitrogen and oxygen atoms in total. The number of halogens is 2. The lowest BCUT2D eigenvalue weighted by Gasteiger charge is -2.21. The van der Waals surface area contributed by atoms with Gasteiger partial charge in [-0.1, -0.05) is 0 Å². The van der Waals surface area contributed by atoms with Gasteiger partial charge in [-0.05, 0) is 41.4 Å². The van der Waals surface area contributed by atoms with Gasteiger partial charge in [-0.3, -0.25) is 4.79 Å². The highest BCUT2D eigenvalue weighted by Crippen LogP contribution is 2.35. The zero-order valence-corrected chi connectivity index (χ0v) is 13.7. The molecule has 1 aromatic rings. The summed E-state index contributed by atoms with van der Waals surface area (Å²) in [5.74, 6) is -1.48. The van der Waals surface area contributed by atoms with E-state index in [2.05, 4.69) is 15.9 Å². The molecular weight excluding hydrogens is 365 g/mol. The fourth-order valence-electron chi connectivity index (χ4n) is 2.24. The lowest BCUT2D eigenvalue weighted by Crippen LogP contribution is -2.38. The van der Waals surface area contributed by atoms with Crippen molar-refractivity contribution >= 4 is 37.5 Å². The summed E-state index contributed by atoms with van der Waals surface area (Å²) in [7, 11) is -4.08. The molecule has 1 aliphatic rings. The Bertz CT molecular complexity index is 710. The number of nitrogen functional groups attached to an aromatic ring is 1. The largest absolute Gasteiger partial charge is 0.399 e. The molecule has 1 amide bonds. The molecule has 1 heterocycles. The molecule has 1 aliphatic heterocycles. The number of sulfonamides is 1. The van der Waals surface area contributed by atoms with Crippen LogP contribution in [0.15, 0.2) is 21.5 Å².